The van der Waals surface area contributed by atoms with E-state index >= 15 is 0 Å². The summed E-state index contributed by atoms with van der Waals surface area (Å²) >= 11 is 0. The lowest BCUT2D eigenvalue weighted by Gasteiger charge is -2.32. The van der Waals surface area contributed by atoms with E-state index < -0.39 is 11.9 Å². The van der Waals surface area contributed by atoms with Gasteiger partial charge in [-0.1, -0.05) is 0 Å². The Balaban J connectivity index is 2.12. The van der Waals surface area contributed by atoms with E-state index in [0.29, 0.717) is 12.2 Å². The number of hydrogen-bond donors (Lipinski definition) is 1. The van der Waals surface area contributed by atoms with Gasteiger partial charge in [-0.15, -0.1) is 0 Å². The van der Waals surface area contributed by atoms with Crippen LogP contribution in [-0.4, -0.2) is 24.1 Å². The van der Waals surface area contributed by atoms with Crippen molar-refractivity contribution in [2.45, 2.75) is 25.1 Å². The van der Waals surface area contributed by atoms with Gasteiger partial charge in [0.15, 0.2) is 0 Å². The van der Waals surface area contributed by atoms with Crippen LogP contribution < -0.4 is 10.6 Å². The van der Waals surface area contributed by atoms with Gasteiger partial charge in [0.25, 0.3) is 0 Å². The van der Waals surface area contributed by atoms with Gasteiger partial charge >= 0.3 is 6.18 Å². The molecule has 2 heterocycles. The second-order valence-electron chi connectivity index (χ2n) is 4.25. The van der Waals surface area contributed by atoms with Gasteiger partial charge in [0.1, 0.15) is 5.69 Å². The Morgan fingerprint density at radius 2 is 2.12 bits per heavy atom. The standard InChI is InChI=1S/C11H14F3N3/c12-11(13,14)10-4-3-9(6-16-10)17-5-1-2-8(15)7-17/h3-4,6,8H,1-2,5,7,15H2/t8-/m1/s1. The lowest BCUT2D eigenvalue weighted by atomic mass is 10.1. The first-order valence-corrected chi connectivity index (χ1v) is 5.50. The third-order valence-electron chi connectivity index (χ3n) is 2.86. The zero-order valence-corrected chi connectivity index (χ0v) is 9.24. The first-order valence-electron chi connectivity index (χ1n) is 5.50. The number of rotatable bonds is 1. The minimum Gasteiger partial charge on any atom is -0.369 e. The number of hydrogen-bond acceptors (Lipinski definition) is 3. The fourth-order valence-corrected chi connectivity index (χ4v) is 1.99. The largest absolute Gasteiger partial charge is 0.433 e. The number of halogens is 3. The molecule has 1 atom stereocenters. The molecule has 1 aromatic rings. The van der Waals surface area contributed by atoms with Crippen molar-refractivity contribution in [1.82, 2.24) is 4.98 Å². The molecule has 0 radical (unpaired) electrons. The highest BCUT2D eigenvalue weighted by Gasteiger charge is 2.32. The van der Waals surface area contributed by atoms with Gasteiger partial charge in [-0.3, -0.25) is 0 Å². The predicted molar refractivity (Wildman–Crippen MR) is 58.7 cm³/mol. The van der Waals surface area contributed by atoms with Crippen LogP contribution in [0.2, 0.25) is 0 Å². The lowest BCUT2D eigenvalue weighted by Crippen LogP contribution is -2.42. The smallest absolute Gasteiger partial charge is 0.369 e. The van der Waals surface area contributed by atoms with Crippen LogP contribution in [0.4, 0.5) is 18.9 Å². The number of aromatic nitrogens is 1. The number of nitrogens with two attached hydrogens (primary N) is 1. The Labute approximate surface area is 97.4 Å². The molecule has 0 aromatic carbocycles. The summed E-state index contributed by atoms with van der Waals surface area (Å²) in [7, 11) is 0. The summed E-state index contributed by atoms with van der Waals surface area (Å²) in [6.07, 6.45) is -1.19. The number of alkyl halides is 3. The number of piperidine rings is 1. The fourth-order valence-electron chi connectivity index (χ4n) is 1.99. The molecule has 0 saturated carbocycles. The zero-order chi connectivity index (χ0) is 12.5. The van der Waals surface area contributed by atoms with Crippen molar-refractivity contribution in [2.75, 3.05) is 18.0 Å². The van der Waals surface area contributed by atoms with E-state index in [0.717, 1.165) is 25.5 Å². The maximum atomic E-state index is 12.3. The van der Waals surface area contributed by atoms with Crippen LogP contribution in [0.25, 0.3) is 0 Å². The molecule has 1 saturated heterocycles. The first-order chi connectivity index (χ1) is 7.97. The highest BCUT2D eigenvalue weighted by atomic mass is 19.4. The zero-order valence-electron chi connectivity index (χ0n) is 9.24. The molecule has 6 heteroatoms. The summed E-state index contributed by atoms with van der Waals surface area (Å²) in [6, 6.07) is 2.55. The molecule has 0 amide bonds. The van der Waals surface area contributed by atoms with E-state index in [1.54, 1.807) is 0 Å². The SMILES string of the molecule is N[C@@H]1CCCN(c2ccc(C(F)(F)F)nc2)C1. The Hall–Kier alpha value is -1.30. The van der Waals surface area contributed by atoms with Crippen LogP contribution in [-0.2, 0) is 6.18 Å². The Bertz CT molecular complexity index is 375. The van der Waals surface area contributed by atoms with Crippen molar-refractivity contribution in [3.63, 3.8) is 0 Å². The molecule has 1 aliphatic heterocycles. The van der Waals surface area contributed by atoms with Gasteiger partial charge in [0.2, 0.25) is 0 Å². The van der Waals surface area contributed by atoms with Crippen molar-refractivity contribution in [2.24, 2.45) is 5.73 Å². The topological polar surface area (TPSA) is 42.1 Å². The van der Waals surface area contributed by atoms with E-state index in [4.69, 9.17) is 5.73 Å². The molecule has 1 aromatic heterocycles. The van der Waals surface area contributed by atoms with Crippen molar-refractivity contribution >= 4 is 5.69 Å². The highest BCUT2D eigenvalue weighted by Crippen LogP contribution is 2.28. The average molecular weight is 245 g/mol. The normalized spacial score (nSPS) is 21.6. The van der Waals surface area contributed by atoms with Crippen LogP contribution in [0.3, 0.4) is 0 Å². The third kappa shape index (κ3) is 2.88. The molecule has 0 aliphatic carbocycles. The molecule has 3 nitrogen and oxygen atoms in total. The van der Waals surface area contributed by atoms with Crippen LogP contribution in [0.15, 0.2) is 18.3 Å². The summed E-state index contributed by atoms with van der Waals surface area (Å²) in [4.78, 5) is 5.42. The number of pyridine rings is 1. The maximum Gasteiger partial charge on any atom is 0.433 e. The molecular formula is C11H14F3N3. The summed E-state index contributed by atoms with van der Waals surface area (Å²) in [5, 5.41) is 0. The van der Waals surface area contributed by atoms with Crippen LogP contribution >= 0.6 is 0 Å². The fraction of sp³-hybridized carbons (Fsp3) is 0.545. The molecule has 2 rings (SSSR count). The molecule has 0 spiro atoms. The van der Waals surface area contributed by atoms with E-state index in [1.165, 1.54) is 12.3 Å². The average Bonchev–Trinajstić information content (AvgIpc) is 2.28. The van der Waals surface area contributed by atoms with Crippen molar-refractivity contribution in [1.29, 1.82) is 0 Å². The number of anilines is 1. The summed E-state index contributed by atoms with van der Waals surface area (Å²) < 4.78 is 37.0. The second kappa shape index (κ2) is 4.52. The van der Waals surface area contributed by atoms with Gasteiger partial charge in [-0.2, -0.15) is 13.2 Å². The van der Waals surface area contributed by atoms with Crippen molar-refractivity contribution < 1.29 is 13.2 Å². The van der Waals surface area contributed by atoms with Crippen molar-refractivity contribution in [3.8, 4) is 0 Å². The molecule has 17 heavy (non-hydrogen) atoms. The Morgan fingerprint density at radius 3 is 2.65 bits per heavy atom. The van der Waals surface area contributed by atoms with E-state index in [9.17, 15) is 13.2 Å². The molecule has 2 N–H and O–H groups in total. The third-order valence-corrected chi connectivity index (χ3v) is 2.86. The molecule has 94 valence electrons. The number of nitrogens with zero attached hydrogens (tertiary/aromatic N) is 2. The summed E-state index contributed by atoms with van der Waals surface area (Å²) in [5.74, 6) is 0. The minimum absolute atomic E-state index is 0.0889. The predicted octanol–water partition coefficient (Wildman–Crippen LogP) is 2.03. The summed E-state index contributed by atoms with van der Waals surface area (Å²) in [5.41, 5.74) is 5.66. The van der Waals surface area contributed by atoms with Gasteiger partial charge < -0.3 is 10.6 Å². The van der Waals surface area contributed by atoms with Crippen LogP contribution in [0, 0.1) is 0 Å². The highest BCUT2D eigenvalue weighted by molar-refractivity contribution is 5.45. The van der Waals surface area contributed by atoms with Gasteiger partial charge in [0.05, 0.1) is 11.9 Å². The van der Waals surface area contributed by atoms with Crippen molar-refractivity contribution in [3.05, 3.63) is 24.0 Å². The van der Waals surface area contributed by atoms with E-state index in [-0.39, 0.29) is 6.04 Å². The lowest BCUT2D eigenvalue weighted by molar-refractivity contribution is -0.141. The molecule has 0 unspecified atom stereocenters. The van der Waals surface area contributed by atoms with Crippen LogP contribution in [0.1, 0.15) is 18.5 Å². The molecule has 1 aliphatic rings. The minimum atomic E-state index is -4.38. The quantitative estimate of drug-likeness (QED) is 0.823. The second-order valence-corrected chi connectivity index (χ2v) is 4.25. The maximum absolute atomic E-state index is 12.3. The molecule has 1 fully saturated rings. The van der Waals surface area contributed by atoms with E-state index in [1.807, 2.05) is 4.90 Å². The van der Waals surface area contributed by atoms with Gasteiger partial charge in [-0.25, -0.2) is 4.98 Å². The molecule has 0 bridgehead atoms. The molecular weight excluding hydrogens is 231 g/mol. The Kier molecular flexibility index (Phi) is 3.24. The monoisotopic (exact) mass is 245 g/mol. The summed E-state index contributed by atoms with van der Waals surface area (Å²) in [6.45, 7) is 1.49. The van der Waals surface area contributed by atoms with Gasteiger partial charge in [-0.05, 0) is 25.0 Å². The van der Waals surface area contributed by atoms with Gasteiger partial charge in [0, 0.05) is 19.1 Å². The Morgan fingerprint density at radius 1 is 1.35 bits per heavy atom. The van der Waals surface area contributed by atoms with E-state index in [2.05, 4.69) is 4.98 Å². The first kappa shape index (κ1) is 12.2. The van der Waals surface area contributed by atoms with Crippen LogP contribution in [0.5, 0.6) is 0 Å².